The standard InChI is InChI=1S/C30H38N4O4S/c1-20-9-7-10-21(17-20)27-26-28(30(2,3)4)32-34(22-11-13-23(38-6)14-12-22)29(26)33(25(36)19-39-27)18-24(35)31-15-8-16-37-5/h7,9-14,17,27H,8,15-16,18-19H2,1-6H3,(H,31,35)/t27-/m0/s1. The molecule has 8 nitrogen and oxygen atoms in total. The summed E-state index contributed by atoms with van der Waals surface area (Å²) in [6.07, 6.45) is 0.699. The molecular formula is C30H38N4O4S. The second kappa shape index (κ2) is 12.3. The predicted molar refractivity (Wildman–Crippen MR) is 156 cm³/mol. The van der Waals surface area contributed by atoms with E-state index >= 15 is 0 Å². The van der Waals surface area contributed by atoms with Crippen LogP contribution in [0.1, 0.15) is 54.8 Å². The zero-order valence-corrected chi connectivity index (χ0v) is 24.4. The van der Waals surface area contributed by atoms with Crippen molar-refractivity contribution in [3.05, 3.63) is 70.9 Å². The molecule has 1 aliphatic heterocycles. The largest absolute Gasteiger partial charge is 0.497 e. The van der Waals surface area contributed by atoms with Gasteiger partial charge < -0.3 is 14.8 Å². The summed E-state index contributed by atoms with van der Waals surface area (Å²) >= 11 is 1.58. The second-order valence-corrected chi connectivity index (χ2v) is 11.8. The molecular weight excluding hydrogens is 512 g/mol. The maximum atomic E-state index is 13.7. The highest BCUT2D eigenvalue weighted by Gasteiger charge is 2.39. The van der Waals surface area contributed by atoms with Crippen LogP contribution in [0.2, 0.25) is 0 Å². The summed E-state index contributed by atoms with van der Waals surface area (Å²) in [6, 6.07) is 16.0. The van der Waals surface area contributed by atoms with Gasteiger partial charge in [-0.2, -0.15) is 5.10 Å². The molecule has 208 valence electrons. The number of ether oxygens (including phenoxy) is 2. The lowest BCUT2D eigenvalue weighted by Gasteiger charge is -2.24. The number of nitrogens with one attached hydrogen (secondary N) is 1. The van der Waals surface area contributed by atoms with E-state index in [0.29, 0.717) is 25.4 Å². The number of rotatable bonds is 9. The van der Waals surface area contributed by atoms with Crippen molar-refractivity contribution in [2.45, 2.75) is 44.8 Å². The van der Waals surface area contributed by atoms with E-state index in [1.165, 1.54) is 0 Å². The molecule has 0 unspecified atom stereocenters. The summed E-state index contributed by atoms with van der Waals surface area (Å²) in [5, 5.41) is 7.93. The van der Waals surface area contributed by atoms with Crippen LogP contribution in [0.4, 0.5) is 5.82 Å². The van der Waals surface area contributed by atoms with E-state index < -0.39 is 0 Å². The van der Waals surface area contributed by atoms with Gasteiger partial charge in [-0.25, -0.2) is 4.68 Å². The lowest BCUT2D eigenvalue weighted by Crippen LogP contribution is -2.42. The van der Waals surface area contributed by atoms with Crippen LogP contribution in [-0.4, -0.2) is 61.3 Å². The molecule has 3 aromatic rings. The number of hydrogen-bond donors (Lipinski definition) is 1. The van der Waals surface area contributed by atoms with Crippen LogP contribution in [0.15, 0.2) is 48.5 Å². The number of carbonyl (C=O) groups excluding carboxylic acids is 2. The number of amides is 2. The Morgan fingerprint density at radius 2 is 1.90 bits per heavy atom. The van der Waals surface area contributed by atoms with Gasteiger partial charge in [-0.05, 0) is 43.2 Å². The van der Waals surface area contributed by atoms with E-state index in [0.717, 1.165) is 33.8 Å². The van der Waals surface area contributed by atoms with Crippen LogP contribution >= 0.6 is 11.8 Å². The fraction of sp³-hybridized carbons (Fsp3) is 0.433. The van der Waals surface area contributed by atoms with Crippen LogP contribution in [0, 0.1) is 6.92 Å². The van der Waals surface area contributed by atoms with E-state index in [1.54, 1.807) is 30.9 Å². The van der Waals surface area contributed by atoms with Gasteiger partial charge in [0, 0.05) is 31.2 Å². The molecule has 4 rings (SSSR count). The van der Waals surface area contributed by atoms with E-state index in [9.17, 15) is 9.59 Å². The fourth-order valence-corrected chi connectivity index (χ4v) is 5.90. The summed E-state index contributed by atoms with van der Waals surface area (Å²) in [4.78, 5) is 28.4. The van der Waals surface area contributed by atoms with Gasteiger partial charge in [-0.1, -0.05) is 50.6 Å². The molecule has 0 fully saturated rings. The number of thioether (sulfide) groups is 1. The van der Waals surface area contributed by atoms with Crippen molar-refractivity contribution < 1.29 is 19.1 Å². The highest BCUT2D eigenvalue weighted by Crippen LogP contribution is 2.48. The molecule has 1 aromatic heterocycles. The lowest BCUT2D eigenvalue weighted by molar-refractivity contribution is -0.122. The zero-order valence-electron chi connectivity index (χ0n) is 23.6. The van der Waals surface area contributed by atoms with Crippen molar-refractivity contribution >= 4 is 29.4 Å². The Kier molecular flexibility index (Phi) is 9.02. The highest BCUT2D eigenvalue weighted by atomic mass is 32.2. The third kappa shape index (κ3) is 6.47. The molecule has 9 heteroatoms. The Morgan fingerprint density at radius 1 is 1.15 bits per heavy atom. The summed E-state index contributed by atoms with van der Waals surface area (Å²) in [5.74, 6) is 1.27. The second-order valence-electron chi connectivity index (χ2n) is 10.7. The molecule has 0 saturated carbocycles. The maximum absolute atomic E-state index is 13.7. The molecule has 2 amide bonds. The summed E-state index contributed by atoms with van der Waals surface area (Å²) in [5.41, 5.74) is 4.60. The van der Waals surface area contributed by atoms with E-state index in [-0.39, 0.29) is 34.8 Å². The molecule has 1 atom stereocenters. The van der Waals surface area contributed by atoms with E-state index in [4.69, 9.17) is 14.6 Å². The van der Waals surface area contributed by atoms with Crippen molar-refractivity contribution in [1.82, 2.24) is 15.1 Å². The zero-order chi connectivity index (χ0) is 28.2. The first-order chi connectivity index (χ1) is 18.6. The van der Waals surface area contributed by atoms with Crippen molar-refractivity contribution in [3.63, 3.8) is 0 Å². The maximum Gasteiger partial charge on any atom is 0.240 e. The van der Waals surface area contributed by atoms with Gasteiger partial charge >= 0.3 is 0 Å². The van der Waals surface area contributed by atoms with Gasteiger partial charge in [-0.3, -0.25) is 14.5 Å². The van der Waals surface area contributed by atoms with Gasteiger partial charge in [0.05, 0.1) is 29.5 Å². The Hall–Kier alpha value is -3.30. The topological polar surface area (TPSA) is 85.7 Å². The Morgan fingerprint density at radius 3 is 2.54 bits per heavy atom. The van der Waals surface area contributed by atoms with Crippen molar-refractivity contribution in [2.24, 2.45) is 0 Å². The lowest BCUT2D eigenvalue weighted by atomic mass is 9.87. The average Bonchev–Trinajstić information content (AvgIpc) is 3.24. The first-order valence-corrected chi connectivity index (χ1v) is 14.2. The fourth-order valence-electron chi connectivity index (χ4n) is 4.72. The number of nitrogens with zero attached hydrogens (tertiary/aromatic N) is 3. The van der Waals surface area contributed by atoms with Gasteiger partial charge in [0.2, 0.25) is 11.8 Å². The summed E-state index contributed by atoms with van der Waals surface area (Å²) in [7, 11) is 3.26. The van der Waals surface area contributed by atoms with Crippen molar-refractivity contribution in [3.8, 4) is 11.4 Å². The van der Waals surface area contributed by atoms with Crippen molar-refractivity contribution in [1.29, 1.82) is 0 Å². The first-order valence-electron chi connectivity index (χ1n) is 13.2. The molecule has 39 heavy (non-hydrogen) atoms. The third-order valence-corrected chi connectivity index (χ3v) is 7.87. The summed E-state index contributed by atoms with van der Waals surface area (Å²) in [6.45, 7) is 9.41. The summed E-state index contributed by atoms with van der Waals surface area (Å²) < 4.78 is 12.3. The van der Waals surface area contributed by atoms with Crippen LogP contribution in [0.5, 0.6) is 5.75 Å². The third-order valence-electron chi connectivity index (χ3n) is 6.61. The molecule has 1 N–H and O–H groups in total. The molecule has 0 bridgehead atoms. The molecule has 0 aliphatic carbocycles. The van der Waals surface area contributed by atoms with Crippen LogP contribution < -0.4 is 15.0 Å². The number of aromatic nitrogens is 2. The number of hydrogen-bond acceptors (Lipinski definition) is 6. The molecule has 2 heterocycles. The van der Waals surface area contributed by atoms with Gasteiger partial charge in [0.25, 0.3) is 0 Å². The average molecular weight is 551 g/mol. The van der Waals surface area contributed by atoms with Crippen LogP contribution in [0.3, 0.4) is 0 Å². The quantitative estimate of drug-likeness (QED) is 0.385. The minimum Gasteiger partial charge on any atom is -0.497 e. The SMILES string of the molecule is COCCCNC(=O)CN1C(=O)CS[C@@H](c2cccc(C)c2)c2c(C(C)(C)C)nn(-c3ccc(OC)cc3)c21. The Bertz CT molecular complexity index is 1310. The Balaban J connectivity index is 1.90. The number of fused-ring (bicyclic) bond motifs is 1. The number of anilines is 1. The van der Waals surface area contributed by atoms with Gasteiger partial charge in [-0.15, -0.1) is 11.8 Å². The molecule has 1 aliphatic rings. The van der Waals surface area contributed by atoms with Crippen molar-refractivity contribution in [2.75, 3.05) is 44.6 Å². The molecule has 0 saturated heterocycles. The number of benzene rings is 2. The smallest absolute Gasteiger partial charge is 0.240 e. The molecule has 2 aromatic carbocycles. The van der Waals surface area contributed by atoms with Gasteiger partial charge in [0.15, 0.2) is 0 Å². The predicted octanol–water partition coefficient (Wildman–Crippen LogP) is 4.81. The number of aryl methyl sites for hydroxylation is 1. The van der Waals surface area contributed by atoms with Crippen LogP contribution in [0.25, 0.3) is 5.69 Å². The van der Waals surface area contributed by atoms with Gasteiger partial charge in [0.1, 0.15) is 18.1 Å². The van der Waals surface area contributed by atoms with Crippen LogP contribution in [-0.2, 0) is 19.7 Å². The van der Waals surface area contributed by atoms with E-state index in [2.05, 4.69) is 51.2 Å². The highest BCUT2D eigenvalue weighted by molar-refractivity contribution is 8.00. The Labute approximate surface area is 235 Å². The van der Waals surface area contributed by atoms with E-state index in [1.807, 2.05) is 35.0 Å². The minimum absolute atomic E-state index is 0.0919. The molecule has 0 radical (unpaired) electrons. The number of methoxy groups -OCH3 is 2. The minimum atomic E-state index is -0.314. The monoisotopic (exact) mass is 550 g/mol. The number of carbonyl (C=O) groups is 2. The normalized spacial score (nSPS) is 15.6. The molecule has 0 spiro atoms. The first kappa shape index (κ1) is 28.7.